The van der Waals surface area contributed by atoms with Gasteiger partial charge in [0.25, 0.3) is 0 Å². The first-order chi connectivity index (χ1) is 10.7. The van der Waals surface area contributed by atoms with Crippen molar-refractivity contribution in [3.8, 4) is 0 Å². The van der Waals surface area contributed by atoms with Crippen molar-refractivity contribution in [2.24, 2.45) is 0 Å². The van der Waals surface area contributed by atoms with E-state index >= 15 is 0 Å². The van der Waals surface area contributed by atoms with Gasteiger partial charge in [0.15, 0.2) is 0 Å². The number of hydrogen-bond donors (Lipinski definition) is 1. The number of hydrogen-bond acceptors (Lipinski definition) is 2. The van der Waals surface area contributed by atoms with Gasteiger partial charge >= 0.3 is 0 Å². The van der Waals surface area contributed by atoms with Crippen LogP contribution in [0.3, 0.4) is 0 Å². The van der Waals surface area contributed by atoms with E-state index in [4.69, 9.17) is 10.1 Å². The highest BCUT2D eigenvalue weighted by atomic mass is 16.2. The van der Waals surface area contributed by atoms with E-state index in [0.717, 1.165) is 36.2 Å². The number of rotatable bonds is 5. The first-order valence-electron chi connectivity index (χ1n) is 7.80. The zero-order chi connectivity index (χ0) is 15.5. The molecule has 0 saturated heterocycles. The summed E-state index contributed by atoms with van der Waals surface area (Å²) in [6, 6.07) is 14.9. The lowest BCUT2D eigenvalue weighted by molar-refractivity contribution is 0.287. The monoisotopic (exact) mass is 294 g/mol. The van der Waals surface area contributed by atoms with Crippen molar-refractivity contribution >= 4 is 11.0 Å². The number of benzene rings is 2. The summed E-state index contributed by atoms with van der Waals surface area (Å²) in [4.78, 5) is 4.74. The highest BCUT2D eigenvalue weighted by molar-refractivity contribution is 5.76. The fourth-order valence-corrected chi connectivity index (χ4v) is 2.81. The van der Waals surface area contributed by atoms with Crippen LogP contribution in [0.2, 0.25) is 0 Å². The van der Waals surface area contributed by atoms with Crippen LogP contribution < -0.4 is 0 Å². The summed E-state index contributed by atoms with van der Waals surface area (Å²) in [6.07, 6.45) is 1.55. The van der Waals surface area contributed by atoms with Gasteiger partial charge < -0.3 is 9.67 Å². The lowest BCUT2D eigenvalue weighted by Gasteiger charge is -2.11. The molecule has 3 rings (SSSR count). The van der Waals surface area contributed by atoms with Crippen LogP contribution in [0.15, 0.2) is 42.5 Å². The fraction of sp³-hybridized carbons (Fsp3) is 0.316. The number of aromatic nitrogens is 2. The maximum atomic E-state index is 9.11. The molecule has 0 spiro atoms. The third-order valence-electron chi connectivity index (χ3n) is 4.20. The molecule has 3 heteroatoms. The SMILES string of the molecule is Cc1ccc(Cn2c(CCCO)nc3ccccc32)cc1C. The minimum Gasteiger partial charge on any atom is -0.396 e. The molecule has 0 aliphatic carbocycles. The largest absolute Gasteiger partial charge is 0.396 e. The molecule has 0 atom stereocenters. The first-order valence-corrected chi connectivity index (χ1v) is 7.80. The van der Waals surface area contributed by atoms with Gasteiger partial charge in [-0.3, -0.25) is 0 Å². The van der Waals surface area contributed by atoms with Crippen molar-refractivity contribution in [1.29, 1.82) is 0 Å². The molecule has 3 aromatic rings. The Balaban J connectivity index is 2.01. The first kappa shape index (κ1) is 14.8. The van der Waals surface area contributed by atoms with Crippen molar-refractivity contribution in [2.45, 2.75) is 33.2 Å². The molecule has 1 N–H and O–H groups in total. The van der Waals surface area contributed by atoms with Crippen LogP contribution in [0.5, 0.6) is 0 Å². The maximum absolute atomic E-state index is 9.11. The molecule has 0 fully saturated rings. The standard InChI is InChI=1S/C19H22N2O/c1-14-9-10-16(12-15(14)2)13-21-18-7-4-3-6-17(18)20-19(21)8-5-11-22/h3-4,6-7,9-10,12,22H,5,8,11,13H2,1-2H3. The van der Waals surface area contributed by atoms with Crippen molar-refractivity contribution in [1.82, 2.24) is 9.55 Å². The number of fused-ring (bicyclic) bond motifs is 1. The Morgan fingerprint density at radius 3 is 2.64 bits per heavy atom. The molecular weight excluding hydrogens is 272 g/mol. The average Bonchev–Trinajstić information content (AvgIpc) is 2.87. The molecule has 3 nitrogen and oxygen atoms in total. The van der Waals surface area contributed by atoms with Crippen LogP contribution in [0.4, 0.5) is 0 Å². The Bertz CT molecular complexity index is 789. The van der Waals surface area contributed by atoms with Gasteiger partial charge in [-0.15, -0.1) is 0 Å². The van der Waals surface area contributed by atoms with E-state index in [2.05, 4.69) is 54.8 Å². The molecule has 2 aromatic carbocycles. The van der Waals surface area contributed by atoms with Crippen molar-refractivity contribution in [3.05, 3.63) is 65.0 Å². The van der Waals surface area contributed by atoms with Crippen LogP contribution in [-0.4, -0.2) is 21.3 Å². The molecule has 0 saturated carbocycles. The Labute approximate surface area is 131 Å². The summed E-state index contributed by atoms with van der Waals surface area (Å²) >= 11 is 0. The molecular formula is C19H22N2O. The van der Waals surface area contributed by atoms with Gasteiger partial charge in [0.1, 0.15) is 5.82 Å². The second-order valence-electron chi connectivity index (χ2n) is 5.85. The van der Waals surface area contributed by atoms with Crippen LogP contribution in [0.1, 0.15) is 28.9 Å². The predicted molar refractivity (Wildman–Crippen MR) is 90.2 cm³/mol. The van der Waals surface area contributed by atoms with E-state index in [0.29, 0.717) is 0 Å². The highest BCUT2D eigenvalue weighted by Crippen LogP contribution is 2.20. The Morgan fingerprint density at radius 1 is 1.05 bits per heavy atom. The van der Waals surface area contributed by atoms with Gasteiger partial charge in [0.05, 0.1) is 11.0 Å². The second-order valence-corrected chi connectivity index (χ2v) is 5.85. The van der Waals surface area contributed by atoms with Gasteiger partial charge in [-0.1, -0.05) is 30.3 Å². The van der Waals surface area contributed by atoms with Crippen LogP contribution in [-0.2, 0) is 13.0 Å². The smallest absolute Gasteiger partial charge is 0.110 e. The number of aryl methyl sites for hydroxylation is 3. The number of aliphatic hydroxyl groups excluding tert-OH is 1. The summed E-state index contributed by atoms with van der Waals surface area (Å²) in [6.45, 7) is 5.31. The van der Waals surface area contributed by atoms with E-state index in [1.165, 1.54) is 16.7 Å². The summed E-state index contributed by atoms with van der Waals surface area (Å²) in [5.74, 6) is 1.05. The van der Waals surface area contributed by atoms with Crippen molar-refractivity contribution < 1.29 is 5.11 Å². The molecule has 0 radical (unpaired) electrons. The quantitative estimate of drug-likeness (QED) is 0.780. The fourth-order valence-electron chi connectivity index (χ4n) is 2.81. The normalized spacial score (nSPS) is 11.2. The molecule has 0 bridgehead atoms. The number of aliphatic hydroxyl groups is 1. The van der Waals surface area contributed by atoms with Gasteiger partial charge in [-0.25, -0.2) is 4.98 Å². The minimum atomic E-state index is 0.201. The van der Waals surface area contributed by atoms with Crippen molar-refractivity contribution in [3.63, 3.8) is 0 Å². The molecule has 1 heterocycles. The van der Waals surface area contributed by atoms with Gasteiger partial charge in [-0.05, 0) is 49.1 Å². The van der Waals surface area contributed by atoms with Gasteiger partial charge in [-0.2, -0.15) is 0 Å². The Morgan fingerprint density at radius 2 is 1.86 bits per heavy atom. The summed E-state index contributed by atoms with van der Waals surface area (Å²) in [5, 5.41) is 9.11. The zero-order valence-corrected chi connectivity index (χ0v) is 13.2. The Hall–Kier alpha value is -2.13. The third-order valence-corrected chi connectivity index (χ3v) is 4.20. The zero-order valence-electron chi connectivity index (χ0n) is 13.2. The molecule has 0 aliphatic rings. The van der Waals surface area contributed by atoms with E-state index in [-0.39, 0.29) is 6.61 Å². The molecule has 22 heavy (non-hydrogen) atoms. The Kier molecular flexibility index (Phi) is 4.25. The second kappa shape index (κ2) is 6.32. The predicted octanol–water partition coefficient (Wildman–Crippen LogP) is 3.63. The van der Waals surface area contributed by atoms with Gasteiger partial charge in [0.2, 0.25) is 0 Å². The molecule has 1 aromatic heterocycles. The summed E-state index contributed by atoms with van der Waals surface area (Å²) in [7, 11) is 0. The number of imidazole rings is 1. The number of nitrogens with zero attached hydrogens (tertiary/aromatic N) is 2. The van der Waals surface area contributed by atoms with E-state index in [1.54, 1.807) is 0 Å². The molecule has 0 amide bonds. The lowest BCUT2D eigenvalue weighted by Crippen LogP contribution is -2.06. The lowest BCUT2D eigenvalue weighted by atomic mass is 10.1. The van der Waals surface area contributed by atoms with E-state index < -0.39 is 0 Å². The number of para-hydroxylation sites is 2. The maximum Gasteiger partial charge on any atom is 0.110 e. The van der Waals surface area contributed by atoms with Crippen molar-refractivity contribution in [2.75, 3.05) is 6.61 Å². The van der Waals surface area contributed by atoms with E-state index in [9.17, 15) is 0 Å². The van der Waals surface area contributed by atoms with E-state index in [1.807, 2.05) is 6.07 Å². The molecule has 0 aliphatic heterocycles. The summed E-state index contributed by atoms with van der Waals surface area (Å²) in [5.41, 5.74) is 6.11. The average molecular weight is 294 g/mol. The van der Waals surface area contributed by atoms with Crippen LogP contribution in [0, 0.1) is 13.8 Å². The highest BCUT2D eigenvalue weighted by Gasteiger charge is 2.10. The van der Waals surface area contributed by atoms with Crippen LogP contribution >= 0.6 is 0 Å². The molecule has 0 unspecified atom stereocenters. The van der Waals surface area contributed by atoms with Gasteiger partial charge in [0, 0.05) is 19.6 Å². The summed E-state index contributed by atoms with van der Waals surface area (Å²) < 4.78 is 2.27. The topological polar surface area (TPSA) is 38.0 Å². The molecule has 114 valence electrons. The third kappa shape index (κ3) is 2.90. The van der Waals surface area contributed by atoms with Crippen LogP contribution in [0.25, 0.3) is 11.0 Å². The minimum absolute atomic E-state index is 0.201.